The van der Waals surface area contributed by atoms with Gasteiger partial charge in [-0.2, -0.15) is 0 Å². The molecule has 5 heteroatoms. The van der Waals surface area contributed by atoms with Gasteiger partial charge in [0, 0.05) is 18.1 Å². The van der Waals surface area contributed by atoms with Crippen LogP contribution < -0.4 is 5.32 Å². The number of aliphatic hydroxyl groups is 1. The van der Waals surface area contributed by atoms with Crippen molar-refractivity contribution in [2.45, 2.75) is 6.04 Å². The lowest BCUT2D eigenvalue weighted by Crippen LogP contribution is -2.39. The van der Waals surface area contributed by atoms with E-state index in [9.17, 15) is 4.79 Å². The molecule has 0 radical (unpaired) electrons. The summed E-state index contributed by atoms with van der Waals surface area (Å²) < 4.78 is 4.85. The summed E-state index contributed by atoms with van der Waals surface area (Å²) in [6.07, 6.45) is 3.19. The number of thiophene rings is 1. The van der Waals surface area contributed by atoms with Crippen LogP contribution in [0.3, 0.4) is 0 Å². The number of carbonyl (C=O) groups excluding carboxylic acids is 1. The molecule has 0 spiro atoms. The number of ether oxygens (including phenoxy) is 1. The second-order valence-corrected chi connectivity index (χ2v) is 4.17. The molecule has 0 aromatic carbocycles. The molecule has 4 nitrogen and oxygen atoms in total. The molecule has 0 saturated heterocycles. The van der Waals surface area contributed by atoms with E-state index in [-0.39, 0.29) is 18.6 Å². The average molecular weight is 241 g/mol. The predicted octanol–water partition coefficient (Wildman–Crippen LogP) is 0.885. The molecule has 88 valence electrons. The Morgan fingerprint density at radius 1 is 1.75 bits per heavy atom. The second-order valence-electron chi connectivity index (χ2n) is 3.19. The van der Waals surface area contributed by atoms with E-state index < -0.39 is 0 Å². The van der Waals surface area contributed by atoms with Gasteiger partial charge in [0.2, 0.25) is 5.91 Å². The number of amides is 1. The molecule has 1 unspecified atom stereocenters. The third-order valence-electron chi connectivity index (χ3n) is 1.88. The van der Waals surface area contributed by atoms with Crippen molar-refractivity contribution in [1.82, 2.24) is 5.32 Å². The smallest absolute Gasteiger partial charge is 0.244 e. The van der Waals surface area contributed by atoms with Gasteiger partial charge in [0.15, 0.2) is 0 Å². The van der Waals surface area contributed by atoms with Crippen molar-refractivity contribution in [3.8, 4) is 0 Å². The summed E-state index contributed by atoms with van der Waals surface area (Å²) in [5.41, 5.74) is 0. The van der Waals surface area contributed by atoms with Crippen LogP contribution in [0.25, 0.3) is 6.08 Å². The van der Waals surface area contributed by atoms with Crippen LogP contribution in [0.15, 0.2) is 23.6 Å². The number of carbonyl (C=O) groups is 1. The maximum Gasteiger partial charge on any atom is 0.244 e. The van der Waals surface area contributed by atoms with Crippen LogP contribution in [0.5, 0.6) is 0 Å². The molecule has 1 aromatic heterocycles. The van der Waals surface area contributed by atoms with Crippen molar-refractivity contribution in [3.05, 3.63) is 28.5 Å². The molecular weight excluding hydrogens is 226 g/mol. The topological polar surface area (TPSA) is 58.6 Å². The number of hydrogen-bond donors (Lipinski definition) is 2. The summed E-state index contributed by atoms with van der Waals surface area (Å²) in [7, 11) is 1.52. The lowest BCUT2D eigenvalue weighted by Gasteiger charge is -2.13. The molecule has 0 aliphatic heterocycles. The van der Waals surface area contributed by atoms with Crippen molar-refractivity contribution in [2.24, 2.45) is 0 Å². The Morgan fingerprint density at radius 3 is 3.12 bits per heavy atom. The quantitative estimate of drug-likeness (QED) is 0.727. The van der Waals surface area contributed by atoms with E-state index in [0.717, 1.165) is 4.88 Å². The number of hydrogen-bond acceptors (Lipinski definition) is 4. The van der Waals surface area contributed by atoms with E-state index in [1.165, 1.54) is 13.2 Å². The Hall–Kier alpha value is -1.17. The highest BCUT2D eigenvalue weighted by molar-refractivity contribution is 7.10. The van der Waals surface area contributed by atoms with Crippen molar-refractivity contribution >= 4 is 23.3 Å². The first-order valence-electron chi connectivity index (χ1n) is 4.88. The van der Waals surface area contributed by atoms with Crippen LogP contribution >= 0.6 is 11.3 Å². The van der Waals surface area contributed by atoms with Crippen LogP contribution in [-0.2, 0) is 9.53 Å². The maximum atomic E-state index is 11.4. The number of nitrogens with one attached hydrogen (secondary N) is 1. The highest BCUT2D eigenvalue weighted by Gasteiger charge is 2.08. The number of methoxy groups -OCH3 is 1. The number of rotatable bonds is 6. The van der Waals surface area contributed by atoms with Gasteiger partial charge in [0.1, 0.15) is 0 Å². The second kappa shape index (κ2) is 7.16. The van der Waals surface area contributed by atoms with Gasteiger partial charge < -0.3 is 15.2 Å². The first-order chi connectivity index (χ1) is 7.76. The Kier molecular flexibility index (Phi) is 5.77. The zero-order chi connectivity index (χ0) is 11.8. The maximum absolute atomic E-state index is 11.4. The molecule has 0 bridgehead atoms. The summed E-state index contributed by atoms with van der Waals surface area (Å²) in [5, 5.41) is 13.5. The fourth-order valence-corrected chi connectivity index (χ4v) is 1.75. The van der Waals surface area contributed by atoms with E-state index in [1.54, 1.807) is 17.4 Å². The highest BCUT2D eigenvalue weighted by atomic mass is 32.1. The molecule has 0 fully saturated rings. The molecule has 0 aliphatic rings. The minimum absolute atomic E-state index is 0.133. The largest absolute Gasteiger partial charge is 0.394 e. The number of aliphatic hydroxyl groups excluding tert-OH is 1. The van der Waals surface area contributed by atoms with E-state index in [2.05, 4.69) is 5.32 Å². The molecular formula is C11H15NO3S. The van der Waals surface area contributed by atoms with Crippen LogP contribution in [0.4, 0.5) is 0 Å². The molecule has 1 atom stereocenters. The Bertz CT molecular complexity index is 335. The first kappa shape index (κ1) is 12.9. The third-order valence-corrected chi connectivity index (χ3v) is 2.71. The molecule has 0 saturated carbocycles. The molecule has 2 N–H and O–H groups in total. The third kappa shape index (κ3) is 4.57. The predicted molar refractivity (Wildman–Crippen MR) is 64.2 cm³/mol. The Morgan fingerprint density at radius 2 is 2.56 bits per heavy atom. The van der Waals surface area contributed by atoms with Gasteiger partial charge in [-0.25, -0.2) is 0 Å². The minimum atomic E-state index is -0.356. The Labute approximate surface area is 98.6 Å². The normalized spacial score (nSPS) is 12.9. The lowest BCUT2D eigenvalue weighted by atomic mass is 10.3. The van der Waals surface area contributed by atoms with E-state index in [1.807, 2.05) is 17.5 Å². The summed E-state index contributed by atoms with van der Waals surface area (Å²) in [6.45, 7) is 0.168. The fourth-order valence-electron chi connectivity index (χ4n) is 1.13. The van der Waals surface area contributed by atoms with Crippen molar-refractivity contribution in [3.63, 3.8) is 0 Å². The van der Waals surface area contributed by atoms with Gasteiger partial charge in [-0.3, -0.25) is 4.79 Å². The summed E-state index contributed by atoms with van der Waals surface area (Å²) >= 11 is 1.56. The van der Waals surface area contributed by atoms with Crippen LogP contribution in [0.2, 0.25) is 0 Å². The van der Waals surface area contributed by atoms with Crippen molar-refractivity contribution in [1.29, 1.82) is 0 Å². The summed E-state index contributed by atoms with van der Waals surface area (Å²) in [6, 6.07) is 3.49. The highest BCUT2D eigenvalue weighted by Crippen LogP contribution is 2.09. The first-order valence-corrected chi connectivity index (χ1v) is 5.76. The van der Waals surface area contributed by atoms with E-state index in [0.29, 0.717) is 6.61 Å². The monoisotopic (exact) mass is 241 g/mol. The fraction of sp³-hybridized carbons (Fsp3) is 0.364. The van der Waals surface area contributed by atoms with Crippen molar-refractivity contribution < 1.29 is 14.6 Å². The van der Waals surface area contributed by atoms with E-state index in [4.69, 9.17) is 9.84 Å². The zero-order valence-corrected chi connectivity index (χ0v) is 9.87. The van der Waals surface area contributed by atoms with Gasteiger partial charge in [-0.15, -0.1) is 11.3 Å². The minimum Gasteiger partial charge on any atom is -0.394 e. The van der Waals surface area contributed by atoms with Gasteiger partial charge in [0.25, 0.3) is 0 Å². The Balaban J connectivity index is 2.40. The SMILES string of the molecule is COCC(CO)NC(=O)/C=C/c1cccs1. The molecule has 1 rings (SSSR count). The van der Waals surface area contributed by atoms with Gasteiger partial charge in [0.05, 0.1) is 19.3 Å². The van der Waals surface area contributed by atoms with Gasteiger partial charge >= 0.3 is 0 Å². The average Bonchev–Trinajstić information content (AvgIpc) is 2.78. The van der Waals surface area contributed by atoms with Crippen LogP contribution in [0, 0.1) is 0 Å². The van der Waals surface area contributed by atoms with Crippen LogP contribution in [-0.4, -0.2) is 37.4 Å². The molecule has 0 aliphatic carbocycles. The molecule has 1 amide bonds. The molecule has 1 aromatic rings. The lowest BCUT2D eigenvalue weighted by molar-refractivity contribution is -0.117. The van der Waals surface area contributed by atoms with Gasteiger partial charge in [-0.05, 0) is 17.5 Å². The summed E-state index contributed by atoms with van der Waals surface area (Å²) in [4.78, 5) is 12.4. The van der Waals surface area contributed by atoms with Crippen LogP contribution in [0.1, 0.15) is 4.88 Å². The summed E-state index contributed by atoms with van der Waals surface area (Å²) in [5.74, 6) is -0.232. The van der Waals surface area contributed by atoms with E-state index >= 15 is 0 Å². The molecule has 16 heavy (non-hydrogen) atoms. The van der Waals surface area contributed by atoms with Gasteiger partial charge in [-0.1, -0.05) is 6.07 Å². The van der Waals surface area contributed by atoms with Crippen molar-refractivity contribution in [2.75, 3.05) is 20.3 Å². The molecule has 1 heterocycles. The standard InChI is InChI=1S/C11H15NO3S/c1-15-8-9(7-13)12-11(14)5-4-10-3-2-6-16-10/h2-6,9,13H,7-8H2,1H3,(H,12,14)/b5-4+. The zero-order valence-electron chi connectivity index (χ0n) is 9.05.